The van der Waals surface area contributed by atoms with Crippen LogP contribution in [0.3, 0.4) is 0 Å². The Bertz CT molecular complexity index is 352. The molecule has 60 valence electrons. The molecule has 2 heterocycles. The quantitative estimate of drug-likeness (QED) is 0.636. The standard InChI is InChI=1S/C8H6FN3/c9-7-5-10-8(11-6-7)12-3-1-2-4-12/h1-6H. The van der Waals surface area contributed by atoms with E-state index in [4.69, 9.17) is 0 Å². The van der Waals surface area contributed by atoms with E-state index >= 15 is 0 Å². The van der Waals surface area contributed by atoms with Crippen molar-refractivity contribution in [2.24, 2.45) is 0 Å². The minimum atomic E-state index is -0.425. The predicted octanol–water partition coefficient (Wildman–Crippen LogP) is 1.41. The molecule has 0 aliphatic rings. The second-order valence-electron chi connectivity index (χ2n) is 2.29. The summed E-state index contributed by atoms with van der Waals surface area (Å²) in [6.45, 7) is 0. The Morgan fingerprint density at radius 1 is 1.08 bits per heavy atom. The zero-order chi connectivity index (χ0) is 8.39. The van der Waals surface area contributed by atoms with Crippen molar-refractivity contribution in [1.82, 2.24) is 14.5 Å². The van der Waals surface area contributed by atoms with Crippen molar-refractivity contribution in [1.29, 1.82) is 0 Å². The summed E-state index contributed by atoms with van der Waals surface area (Å²) in [5.41, 5.74) is 0. The molecule has 0 bridgehead atoms. The van der Waals surface area contributed by atoms with Crippen LogP contribution < -0.4 is 0 Å². The Morgan fingerprint density at radius 2 is 1.67 bits per heavy atom. The Labute approximate surface area is 68.5 Å². The Hall–Kier alpha value is -1.71. The molecule has 0 N–H and O–H groups in total. The van der Waals surface area contributed by atoms with E-state index in [-0.39, 0.29) is 0 Å². The lowest BCUT2D eigenvalue weighted by Crippen LogP contribution is -1.97. The average Bonchev–Trinajstić information content (AvgIpc) is 2.58. The van der Waals surface area contributed by atoms with E-state index in [1.165, 1.54) is 0 Å². The van der Waals surface area contributed by atoms with E-state index in [1.807, 2.05) is 12.1 Å². The predicted molar refractivity (Wildman–Crippen MR) is 41.3 cm³/mol. The molecular formula is C8H6FN3. The molecular weight excluding hydrogens is 157 g/mol. The molecule has 0 saturated heterocycles. The summed E-state index contributed by atoms with van der Waals surface area (Å²) in [6, 6.07) is 3.71. The first-order chi connectivity index (χ1) is 5.86. The molecule has 4 heteroatoms. The summed E-state index contributed by atoms with van der Waals surface area (Å²) < 4.78 is 14.1. The molecule has 0 aliphatic carbocycles. The minimum absolute atomic E-state index is 0.425. The second kappa shape index (κ2) is 2.73. The van der Waals surface area contributed by atoms with Gasteiger partial charge in [-0.05, 0) is 12.1 Å². The topological polar surface area (TPSA) is 30.7 Å². The van der Waals surface area contributed by atoms with E-state index in [9.17, 15) is 4.39 Å². The summed E-state index contributed by atoms with van der Waals surface area (Å²) in [7, 11) is 0. The fourth-order valence-electron chi connectivity index (χ4n) is 0.907. The van der Waals surface area contributed by atoms with Crippen molar-refractivity contribution in [3.63, 3.8) is 0 Å². The van der Waals surface area contributed by atoms with E-state index in [2.05, 4.69) is 9.97 Å². The van der Waals surface area contributed by atoms with Crippen molar-refractivity contribution in [3.8, 4) is 5.95 Å². The lowest BCUT2D eigenvalue weighted by Gasteiger charge is -1.97. The van der Waals surface area contributed by atoms with Crippen LogP contribution in [0.4, 0.5) is 4.39 Å². The molecule has 0 aromatic carbocycles. The van der Waals surface area contributed by atoms with Crippen LogP contribution in [0, 0.1) is 5.82 Å². The number of rotatable bonds is 1. The highest BCUT2D eigenvalue weighted by atomic mass is 19.1. The number of nitrogens with zero attached hydrogens (tertiary/aromatic N) is 3. The Balaban J connectivity index is 2.43. The number of hydrogen-bond acceptors (Lipinski definition) is 2. The first-order valence-corrected chi connectivity index (χ1v) is 3.47. The average molecular weight is 163 g/mol. The van der Waals surface area contributed by atoms with Gasteiger partial charge in [0.15, 0.2) is 5.82 Å². The van der Waals surface area contributed by atoms with Gasteiger partial charge < -0.3 is 0 Å². The summed E-state index contributed by atoms with van der Waals surface area (Å²) in [4.78, 5) is 7.60. The van der Waals surface area contributed by atoms with Crippen LogP contribution in [0.25, 0.3) is 5.95 Å². The van der Waals surface area contributed by atoms with Crippen molar-refractivity contribution >= 4 is 0 Å². The third-order valence-electron chi connectivity index (χ3n) is 1.44. The van der Waals surface area contributed by atoms with Crippen LogP contribution >= 0.6 is 0 Å². The van der Waals surface area contributed by atoms with Crippen molar-refractivity contribution < 1.29 is 4.39 Å². The van der Waals surface area contributed by atoms with Gasteiger partial charge in [-0.15, -0.1) is 0 Å². The maximum Gasteiger partial charge on any atom is 0.233 e. The van der Waals surface area contributed by atoms with Gasteiger partial charge in [-0.3, -0.25) is 4.57 Å². The number of hydrogen-bond donors (Lipinski definition) is 0. The molecule has 3 nitrogen and oxygen atoms in total. The highest BCUT2D eigenvalue weighted by molar-refractivity contribution is 5.12. The van der Waals surface area contributed by atoms with Gasteiger partial charge >= 0.3 is 0 Å². The Kier molecular flexibility index (Phi) is 1.59. The summed E-state index contributed by atoms with van der Waals surface area (Å²) in [5, 5.41) is 0. The zero-order valence-electron chi connectivity index (χ0n) is 6.18. The highest BCUT2D eigenvalue weighted by Crippen LogP contribution is 2.00. The van der Waals surface area contributed by atoms with Gasteiger partial charge in [-0.1, -0.05) is 0 Å². The number of aromatic nitrogens is 3. The van der Waals surface area contributed by atoms with Crippen molar-refractivity contribution in [3.05, 3.63) is 42.7 Å². The normalized spacial score (nSPS) is 10.1. The van der Waals surface area contributed by atoms with Crippen LogP contribution in [-0.2, 0) is 0 Å². The van der Waals surface area contributed by atoms with Gasteiger partial charge in [0.25, 0.3) is 0 Å². The van der Waals surface area contributed by atoms with E-state index in [1.54, 1.807) is 17.0 Å². The molecule has 12 heavy (non-hydrogen) atoms. The molecule has 2 rings (SSSR count). The van der Waals surface area contributed by atoms with Gasteiger partial charge in [-0.2, -0.15) is 0 Å². The minimum Gasteiger partial charge on any atom is -0.293 e. The van der Waals surface area contributed by atoms with Crippen LogP contribution in [0.2, 0.25) is 0 Å². The second-order valence-corrected chi connectivity index (χ2v) is 2.29. The highest BCUT2D eigenvalue weighted by Gasteiger charge is 1.96. The third-order valence-corrected chi connectivity index (χ3v) is 1.44. The maximum absolute atomic E-state index is 12.4. The molecule has 2 aromatic heterocycles. The molecule has 0 amide bonds. The SMILES string of the molecule is Fc1cnc(-n2cccc2)nc1. The fourth-order valence-corrected chi connectivity index (χ4v) is 0.907. The first-order valence-electron chi connectivity index (χ1n) is 3.47. The van der Waals surface area contributed by atoms with E-state index in [0.29, 0.717) is 5.95 Å². The van der Waals surface area contributed by atoms with Crippen LogP contribution in [-0.4, -0.2) is 14.5 Å². The largest absolute Gasteiger partial charge is 0.293 e. The molecule has 0 aliphatic heterocycles. The van der Waals surface area contributed by atoms with Crippen LogP contribution in [0.5, 0.6) is 0 Å². The third kappa shape index (κ3) is 1.18. The van der Waals surface area contributed by atoms with Gasteiger partial charge in [0, 0.05) is 12.4 Å². The monoisotopic (exact) mass is 163 g/mol. The smallest absolute Gasteiger partial charge is 0.233 e. The first kappa shape index (κ1) is 6.97. The van der Waals surface area contributed by atoms with Crippen LogP contribution in [0.15, 0.2) is 36.9 Å². The lowest BCUT2D eigenvalue weighted by atomic mass is 10.6. The van der Waals surface area contributed by atoms with Gasteiger partial charge in [0.1, 0.15) is 0 Å². The summed E-state index contributed by atoms with van der Waals surface area (Å²) in [5.74, 6) is 0.0484. The summed E-state index contributed by atoms with van der Waals surface area (Å²) >= 11 is 0. The molecule has 0 saturated carbocycles. The molecule has 0 unspecified atom stereocenters. The molecule has 0 radical (unpaired) electrons. The van der Waals surface area contributed by atoms with Crippen molar-refractivity contribution in [2.75, 3.05) is 0 Å². The maximum atomic E-state index is 12.4. The molecule has 2 aromatic rings. The molecule has 0 atom stereocenters. The lowest BCUT2D eigenvalue weighted by molar-refractivity contribution is 0.611. The van der Waals surface area contributed by atoms with Crippen molar-refractivity contribution in [2.45, 2.75) is 0 Å². The van der Waals surface area contributed by atoms with Gasteiger partial charge in [-0.25, -0.2) is 14.4 Å². The molecule has 0 fully saturated rings. The van der Waals surface area contributed by atoms with Gasteiger partial charge in [0.05, 0.1) is 12.4 Å². The number of halogens is 1. The van der Waals surface area contributed by atoms with E-state index < -0.39 is 5.82 Å². The molecule has 0 spiro atoms. The zero-order valence-corrected chi connectivity index (χ0v) is 6.18. The summed E-state index contributed by atoms with van der Waals surface area (Å²) in [6.07, 6.45) is 5.88. The van der Waals surface area contributed by atoms with Gasteiger partial charge in [0.2, 0.25) is 5.95 Å². The fraction of sp³-hybridized carbons (Fsp3) is 0. The van der Waals surface area contributed by atoms with E-state index in [0.717, 1.165) is 12.4 Å². The Morgan fingerprint density at radius 3 is 2.25 bits per heavy atom. The van der Waals surface area contributed by atoms with Crippen LogP contribution in [0.1, 0.15) is 0 Å².